The number of benzene rings is 2. The molecule has 0 atom stereocenters. The molecule has 0 aliphatic heterocycles. The molecule has 0 saturated heterocycles. The van der Waals surface area contributed by atoms with Crippen molar-refractivity contribution in [1.29, 1.82) is 0 Å². The summed E-state index contributed by atoms with van der Waals surface area (Å²) >= 11 is 0. The van der Waals surface area contributed by atoms with E-state index in [2.05, 4.69) is 0 Å². The maximum Gasteiger partial charge on any atom is 0.343 e. The smallest absolute Gasteiger partial charge is 0.343 e. The van der Waals surface area contributed by atoms with Crippen LogP contribution in [0.4, 0.5) is 0 Å². The van der Waals surface area contributed by atoms with Gasteiger partial charge < -0.3 is 14.2 Å². The van der Waals surface area contributed by atoms with Crippen LogP contribution < -0.4 is 9.47 Å². The van der Waals surface area contributed by atoms with Gasteiger partial charge in [-0.05, 0) is 81.1 Å². The van der Waals surface area contributed by atoms with Crippen molar-refractivity contribution in [2.75, 3.05) is 6.61 Å². The van der Waals surface area contributed by atoms with E-state index in [0.717, 1.165) is 0 Å². The molecule has 0 aromatic heterocycles. The lowest BCUT2D eigenvalue weighted by atomic mass is 10.0. The fraction of sp³-hybridized carbons (Fsp3) is 0.318. The lowest BCUT2D eigenvalue weighted by molar-refractivity contribution is -0.131. The minimum atomic E-state index is -0.527. The molecule has 0 N–H and O–H groups in total. The number of rotatable bonds is 5. The minimum absolute atomic E-state index is 0.288. The maximum absolute atomic E-state index is 12.7. The summed E-state index contributed by atoms with van der Waals surface area (Å²) in [5.74, 6) is -0.579. The van der Waals surface area contributed by atoms with Crippen molar-refractivity contribution >= 4 is 17.9 Å². The third kappa shape index (κ3) is 4.39. The molecule has 2 rings (SSSR count). The summed E-state index contributed by atoms with van der Waals surface area (Å²) in [6.45, 7) is 10.4. The van der Waals surface area contributed by atoms with Crippen molar-refractivity contribution in [3.8, 4) is 11.5 Å². The van der Waals surface area contributed by atoms with Crippen LogP contribution in [0.1, 0.15) is 56.8 Å². The Bertz CT molecular complexity index is 943. The van der Waals surface area contributed by atoms with Gasteiger partial charge in [0.2, 0.25) is 0 Å². The number of hydrogen-bond acceptors (Lipinski definition) is 6. The molecule has 0 fully saturated rings. The van der Waals surface area contributed by atoms with Gasteiger partial charge in [-0.25, -0.2) is 9.59 Å². The molecule has 0 aliphatic carbocycles. The molecule has 0 bridgehead atoms. The highest BCUT2D eigenvalue weighted by molar-refractivity contribution is 5.94. The number of carbonyl (C=O) groups is 3. The lowest BCUT2D eigenvalue weighted by Crippen LogP contribution is -2.14. The number of ether oxygens (including phenoxy) is 3. The summed E-state index contributed by atoms with van der Waals surface area (Å²) < 4.78 is 15.7. The van der Waals surface area contributed by atoms with Gasteiger partial charge in [0.15, 0.2) is 0 Å². The van der Waals surface area contributed by atoms with Gasteiger partial charge in [0.1, 0.15) is 11.5 Å². The first-order chi connectivity index (χ1) is 13.2. The molecular formula is C22H24O6. The van der Waals surface area contributed by atoms with Crippen LogP contribution in [0.15, 0.2) is 24.3 Å². The van der Waals surface area contributed by atoms with Crippen LogP contribution in [0.25, 0.3) is 0 Å². The largest absolute Gasteiger partial charge is 0.462 e. The molecule has 0 aliphatic rings. The van der Waals surface area contributed by atoms with E-state index in [-0.39, 0.29) is 6.61 Å². The van der Waals surface area contributed by atoms with Crippen molar-refractivity contribution < 1.29 is 28.6 Å². The molecule has 0 amide bonds. The monoisotopic (exact) mass is 384 g/mol. The third-order valence-corrected chi connectivity index (χ3v) is 4.65. The van der Waals surface area contributed by atoms with E-state index in [4.69, 9.17) is 14.2 Å². The Morgan fingerprint density at radius 3 is 1.64 bits per heavy atom. The zero-order valence-corrected chi connectivity index (χ0v) is 17.0. The normalized spacial score (nSPS) is 10.4. The van der Waals surface area contributed by atoms with E-state index in [0.29, 0.717) is 44.9 Å². The third-order valence-electron chi connectivity index (χ3n) is 4.65. The molecule has 28 heavy (non-hydrogen) atoms. The predicted molar refractivity (Wildman–Crippen MR) is 104 cm³/mol. The van der Waals surface area contributed by atoms with Crippen molar-refractivity contribution in [1.82, 2.24) is 0 Å². The van der Waals surface area contributed by atoms with Crippen LogP contribution in [0.2, 0.25) is 0 Å². The molecule has 0 spiro atoms. The van der Waals surface area contributed by atoms with Crippen LogP contribution in [0, 0.1) is 27.7 Å². The van der Waals surface area contributed by atoms with Crippen LogP contribution in [0.3, 0.4) is 0 Å². The first kappa shape index (κ1) is 21.2. The number of carbonyl (C=O) groups excluding carboxylic acids is 3. The molecule has 2 aromatic carbocycles. The fourth-order valence-electron chi connectivity index (χ4n) is 2.77. The Kier molecular flexibility index (Phi) is 6.57. The Morgan fingerprint density at radius 2 is 1.18 bits per heavy atom. The fourth-order valence-corrected chi connectivity index (χ4v) is 2.77. The zero-order valence-electron chi connectivity index (χ0n) is 17.0. The Labute approximate surface area is 164 Å². The Hall–Kier alpha value is -3.15. The number of esters is 3. The van der Waals surface area contributed by atoms with Gasteiger partial charge in [-0.3, -0.25) is 4.79 Å². The molecule has 0 radical (unpaired) electrons. The first-order valence-electron chi connectivity index (χ1n) is 8.95. The SMILES string of the molecule is CCOC(=O)c1ccc(OC(=O)c2ccc(OC(C)=O)c(C)c2C)c(C)c1C. The number of hydrogen-bond donors (Lipinski definition) is 0. The van der Waals surface area contributed by atoms with E-state index < -0.39 is 17.9 Å². The van der Waals surface area contributed by atoms with Gasteiger partial charge in [0.25, 0.3) is 0 Å². The lowest BCUT2D eigenvalue weighted by Gasteiger charge is -2.15. The van der Waals surface area contributed by atoms with Gasteiger partial charge >= 0.3 is 17.9 Å². The maximum atomic E-state index is 12.7. The van der Waals surface area contributed by atoms with Gasteiger partial charge in [0, 0.05) is 6.92 Å². The quantitative estimate of drug-likeness (QED) is 0.567. The summed E-state index contributed by atoms with van der Waals surface area (Å²) in [6.07, 6.45) is 0. The van der Waals surface area contributed by atoms with E-state index in [9.17, 15) is 14.4 Å². The van der Waals surface area contributed by atoms with E-state index in [1.165, 1.54) is 6.92 Å². The van der Waals surface area contributed by atoms with Gasteiger partial charge in [-0.1, -0.05) is 0 Å². The molecule has 0 saturated carbocycles. The van der Waals surface area contributed by atoms with Crippen LogP contribution >= 0.6 is 0 Å². The zero-order chi connectivity index (χ0) is 21.0. The van der Waals surface area contributed by atoms with Gasteiger partial charge in [-0.2, -0.15) is 0 Å². The predicted octanol–water partition coefficient (Wildman–Crippen LogP) is 4.24. The van der Waals surface area contributed by atoms with Crippen LogP contribution in [-0.4, -0.2) is 24.5 Å². The van der Waals surface area contributed by atoms with Crippen molar-refractivity contribution in [3.63, 3.8) is 0 Å². The summed E-state index contributed by atoms with van der Waals surface area (Å²) in [4.78, 5) is 35.9. The van der Waals surface area contributed by atoms with E-state index in [1.807, 2.05) is 0 Å². The standard InChI is InChI=1S/C22H24O6/c1-7-26-21(24)17-8-11-20(15(5)12(17)2)28-22(25)18-9-10-19(27-16(6)23)14(4)13(18)3/h8-11H,7H2,1-6H3. The molecule has 6 heteroatoms. The van der Waals surface area contributed by atoms with Crippen molar-refractivity contribution in [2.45, 2.75) is 41.5 Å². The summed E-state index contributed by atoms with van der Waals surface area (Å²) in [5.41, 5.74) is 3.56. The average molecular weight is 384 g/mol. The second-order valence-corrected chi connectivity index (χ2v) is 6.43. The topological polar surface area (TPSA) is 78.9 Å². The highest BCUT2D eigenvalue weighted by atomic mass is 16.5. The van der Waals surface area contributed by atoms with E-state index in [1.54, 1.807) is 58.9 Å². The molecule has 0 unspecified atom stereocenters. The van der Waals surface area contributed by atoms with Gasteiger partial charge in [0.05, 0.1) is 17.7 Å². The van der Waals surface area contributed by atoms with Crippen LogP contribution in [0.5, 0.6) is 11.5 Å². The molecule has 0 heterocycles. The highest BCUT2D eigenvalue weighted by Gasteiger charge is 2.19. The van der Waals surface area contributed by atoms with Crippen LogP contribution in [-0.2, 0) is 9.53 Å². The Balaban J connectivity index is 2.30. The van der Waals surface area contributed by atoms with Crippen molar-refractivity contribution in [3.05, 3.63) is 57.6 Å². The Morgan fingerprint density at radius 1 is 0.714 bits per heavy atom. The minimum Gasteiger partial charge on any atom is -0.462 e. The highest BCUT2D eigenvalue weighted by Crippen LogP contribution is 2.28. The summed E-state index contributed by atoms with van der Waals surface area (Å²) in [6, 6.07) is 6.31. The average Bonchev–Trinajstić information content (AvgIpc) is 2.63. The second kappa shape index (κ2) is 8.69. The molecule has 148 valence electrons. The molecular weight excluding hydrogens is 360 g/mol. The summed E-state index contributed by atoms with van der Waals surface area (Å²) in [5, 5.41) is 0. The molecule has 2 aromatic rings. The van der Waals surface area contributed by atoms with Crippen molar-refractivity contribution in [2.24, 2.45) is 0 Å². The first-order valence-corrected chi connectivity index (χ1v) is 8.95. The van der Waals surface area contributed by atoms with E-state index >= 15 is 0 Å². The summed E-state index contributed by atoms with van der Waals surface area (Å²) in [7, 11) is 0. The molecule has 6 nitrogen and oxygen atoms in total. The second-order valence-electron chi connectivity index (χ2n) is 6.43. The van der Waals surface area contributed by atoms with Gasteiger partial charge in [-0.15, -0.1) is 0 Å².